The lowest BCUT2D eigenvalue weighted by Crippen LogP contribution is -1.94. The van der Waals surface area contributed by atoms with E-state index in [4.69, 9.17) is 4.74 Å². The molecule has 71 valence electrons. The lowest BCUT2D eigenvalue weighted by Gasteiger charge is -2.06. The summed E-state index contributed by atoms with van der Waals surface area (Å²) in [5.74, 6) is 2.39. The Morgan fingerprint density at radius 3 is 2.23 bits per heavy atom. The molecule has 0 heterocycles. The molecule has 0 aromatic heterocycles. The molecule has 1 rings (SSSR count). The summed E-state index contributed by atoms with van der Waals surface area (Å²) in [6.45, 7) is 7.03. The fourth-order valence-electron chi connectivity index (χ4n) is 1.28. The van der Waals surface area contributed by atoms with Crippen LogP contribution in [-0.4, -0.2) is 6.61 Å². The van der Waals surface area contributed by atoms with Gasteiger partial charge in [0.2, 0.25) is 0 Å². The molecule has 0 atom stereocenters. The fourth-order valence-corrected chi connectivity index (χ4v) is 1.28. The molecule has 13 heavy (non-hydrogen) atoms. The maximum Gasteiger partial charge on any atom is 0.119 e. The van der Waals surface area contributed by atoms with E-state index in [1.54, 1.807) is 0 Å². The van der Waals surface area contributed by atoms with Crippen LogP contribution < -0.4 is 4.74 Å². The van der Waals surface area contributed by atoms with Crippen LogP contribution in [0.2, 0.25) is 0 Å². The topological polar surface area (TPSA) is 9.23 Å². The van der Waals surface area contributed by atoms with Crippen LogP contribution in [0.3, 0.4) is 0 Å². The van der Waals surface area contributed by atoms with Crippen LogP contribution in [0.15, 0.2) is 24.3 Å². The summed E-state index contributed by atoms with van der Waals surface area (Å²) in [6.07, 6.45) is 1.06. The fraction of sp³-hybridized carbons (Fsp3) is 0.417. The predicted molar refractivity (Wildman–Crippen MR) is 55.9 cm³/mol. The van der Waals surface area contributed by atoms with Gasteiger partial charge in [-0.1, -0.05) is 26.0 Å². The highest BCUT2D eigenvalue weighted by Gasteiger charge is 1.98. The molecule has 0 aliphatic heterocycles. The SMILES string of the molecule is CCOc1ccc(C[C](C)C)cc1. The highest BCUT2D eigenvalue weighted by molar-refractivity contribution is 5.28. The van der Waals surface area contributed by atoms with Gasteiger partial charge < -0.3 is 4.74 Å². The van der Waals surface area contributed by atoms with E-state index >= 15 is 0 Å². The van der Waals surface area contributed by atoms with Crippen LogP contribution in [0.25, 0.3) is 0 Å². The number of ether oxygens (including phenoxy) is 1. The molecule has 0 saturated carbocycles. The first-order chi connectivity index (χ1) is 6.22. The smallest absolute Gasteiger partial charge is 0.119 e. The molecule has 0 N–H and O–H groups in total. The molecule has 1 heteroatoms. The number of hydrogen-bond donors (Lipinski definition) is 0. The zero-order valence-electron chi connectivity index (χ0n) is 8.63. The van der Waals surface area contributed by atoms with Gasteiger partial charge in [0.25, 0.3) is 0 Å². The van der Waals surface area contributed by atoms with Crippen molar-refractivity contribution >= 4 is 0 Å². The molecule has 0 unspecified atom stereocenters. The van der Waals surface area contributed by atoms with Crippen LogP contribution in [-0.2, 0) is 6.42 Å². The third-order valence-electron chi connectivity index (χ3n) is 1.79. The van der Waals surface area contributed by atoms with Crippen LogP contribution in [0.4, 0.5) is 0 Å². The highest BCUT2D eigenvalue weighted by atomic mass is 16.5. The number of hydrogen-bond acceptors (Lipinski definition) is 1. The molecule has 0 aliphatic carbocycles. The van der Waals surface area contributed by atoms with Crippen molar-refractivity contribution < 1.29 is 4.74 Å². The lowest BCUT2D eigenvalue weighted by molar-refractivity contribution is 0.340. The first-order valence-electron chi connectivity index (χ1n) is 4.73. The van der Waals surface area contributed by atoms with E-state index in [0.717, 1.165) is 18.8 Å². The summed E-state index contributed by atoms with van der Waals surface area (Å²) in [7, 11) is 0. The zero-order chi connectivity index (χ0) is 9.68. The van der Waals surface area contributed by atoms with Crippen molar-refractivity contribution in [1.82, 2.24) is 0 Å². The quantitative estimate of drug-likeness (QED) is 0.686. The Bertz CT molecular complexity index is 236. The largest absolute Gasteiger partial charge is 0.494 e. The molecule has 0 saturated heterocycles. The second kappa shape index (κ2) is 4.90. The Labute approximate surface area is 80.7 Å². The summed E-state index contributed by atoms with van der Waals surface area (Å²) < 4.78 is 5.36. The molecular formula is C12H17O. The van der Waals surface area contributed by atoms with Crippen molar-refractivity contribution in [2.75, 3.05) is 6.61 Å². The van der Waals surface area contributed by atoms with Gasteiger partial charge in [0, 0.05) is 0 Å². The third-order valence-corrected chi connectivity index (χ3v) is 1.79. The van der Waals surface area contributed by atoms with Gasteiger partial charge in [-0.2, -0.15) is 0 Å². The van der Waals surface area contributed by atoms with Gasteiger partial charge in [0.05, 0.1) is 6.61 Å². The molecular weight excluding hydrogens is 160 g/mol. The van der Waals surface area contributed by atoms with E-state index < -0.39 is 0 Å². The highest BCUT2D eigenvalue weighted by Crippen LogP contribution is 2.15. The first kappa shape index (κ1) is 10.1. The van der Waals surface area contributed by atoms with Crippen LogP contribution in [0.1, 0.15) is 26.3 Å². The molecule has 0 spiro atoms. The molecule has 0 fully saturated rings. The van der Waals surface area contributed by atoms with E-state index in [1.807, 2.05) is 19.1 Å². The molecule has 1 radical (unpaired) electrons. The van der Waals surface area contributed by atoms with E-state index in [0.29, 0.717) is 0 Å². The minimum atomic E-state index is 0.734. The standard InChI is InChI=1S/C12H17O/c1-4-13-12-7-5-11(6-8-12)9-10(2)3/h5-8H,4,9H2,1-3H3. The van der Waals surface area contributed by atoms with Crippen LogP contribution in [0, 0.1) is 5.92 Å². The van der Waals surface area contributed by atoms with Gasteiger partial charge in [0.15, 0.2) is 0 Å². The van der Waals surface area contributed by atoms with E-state index in [1.165, 1.54) is 11.5 Å². The van der Waals surface area contributed by atoms with Crippen molar-refractivity contribution in [1.29, 1.82) is 0 Å². The molecule has 0 aliphatic rings. The van der Waals surface area contributed by atoms with Gasteiger partial charge in [-0.3, -0.25) is 0 Å². The Morgan fingerprint density at radius 1 is 1.15 bits per heavy atom. The van der Waals surface area contributed by atoms with Crippen molar-refractivity contribution in [3.05, 3.63) is 35.7 Å². The van der Waals surface area contributed by atoms with Crippen molar-refractivity contribution in [3.63, 3.8) is 0 Å². The maximum absolute atomic E-state index is 5.36. The van der Waals surface area contributed by atoms with E-state index in [-0.39, 0.29) is 0 Å². The van der Waals surface area contributed by atoms with Crippen molar-refractivity contribution in [2.45, 2.75) is 27.2 Å². The van der Waals surface area contributed by atoms with Crippen molar-refractivity contribution in [3.8, 4) is 5.75 Å². The van der Waals surface area contributed by atoms with Crippen molar-refractivity contribution in [2.24, 2.45) is 0 Å². The number of benzene rings is 1. The Kier molecular flexibility index (Phi) is 3.81. The van der Waals surface area contributed by atoms with Gasteiger partial charge in [0.1, 0.15) is 5.75 Å². The molecule has 1 aromatic rings. The monoisotopic (exact) mass is 177 g/mol. The van der Waals surface area contributed by atoms with Gasteiger partial charge in [-0.15, -0.1) is 0 Å². The van der Waals surface area contributed by atoms with E-state index in [9.17, 15) is 0 Å². The average Bonchev–Trinajstić information content (AvgIpc) is 2.08. The summed E-state index contributed by atoms with van der Waals surface area (Å²) in [5.41, 5.74) is 1.35. The minimum absolute atomic E-state index is 0.734. The van der Waals surface area contributed by atoms with Gasteiger partial charge in [-0.25, -0.2) is 0 Å². The number of rotatable bonds is 4. The Hall–Kier alpha value is -0.980. The lowest BCUT2D eigenvalue weighted by atomic mass is 10.0. The summed E-state index contributed by atoms with van der Waals surface area (Å²) in [4.78, 5) is 0. The maximum atomic E-state index is 5.36. The predicted octanol–water partition coefficient (Wildman–Crippen LogP) is 3.24. The Morgan fingerprint density at radius 2 is 1.77 bits per heavy atom. The normalized spacial score (nSPS) is 10.5. The minimum Gasteiger partial charge on any atom is -0.494 e. The molecule has 1 nitrogen and oxygen atoms in total. The molecule has 0 amide bonds. The Balaban J connectivity index is 2.59. The molecule has 0 bridgehead atoms. The van der Waals surface area contributed by atoms with Crippen LogP contribution >= 0.6 is 0 Å². The average molecular weight is 177 g/mol. The molecule has 1 aromatic carbocycles. The third kappa shape index (κ3) is 3.49. The van der Waals surface area contributed by atoms with Crippen LogP contribution in [0.5, 0.6) is 5.75 Å². The first-order valence-corrected chi connectivity index (χ1v) is 4.73. The van der Waals surface area contributed by atoms with Gasteiger partial charge >= 0.3 is 0 Å². The zero-order valence-corrected chi connectivity index (χ0v) is 8.63. The summed E-state index contributed by atoms with van der Waals surface area (Å²) >= 11 is 0. The summed E-state index contributed by atoms with van der Waals surface area (Å²) in [6, 6.07) is 8.31. The summed E-state index contributed by atoms with van der Waals surface area (Å²) in [5, 5.41) is 0. The van der Waals surface area contributed by atoms with E-state index in [2.05, 4.69) is 26.0 Å². The van der Waals surface area contributed by atoms with Gasteiger partial charge in [-0.05, 0) is 37.0 Å². The second-order valence-electron chi connectivity index (χ2n) is 3.46. The second-order valence-corrected chi connectivity index (χ2v) is 3.46.